The Morgan fingerprint density at radius 2 is 2.08 bits per heavy atom. The maximum Gasteiger partial charge on any atom is 0.433 e. The first-order valence-electron chi connectivity index (χ1n) is 3.22. The summed E-state index contributed by atoms with van der Waals surface area (Å²) in [6.07, 6.45) is -3.54. The quantitative estimate of drug-likeness (QED) is 0.713. The summed E-state index contributed by atoms with van der Waals surface area (Å²) < 4.78 is 40.8. The summed E-state index contributed by atoms with van der Waals surface area (Å²) in [6, 6.07) is 0.723. The largest absolute Gasteiger partial charge is 0.494 e. The van der Waals surface area contributed by atoms with Gasteiger partial charge in [0.1, 0.15) is 5.69 Å². The highest BCUT2D eigenvalue weighted by atomic mass is 35.5. The van der Waals surface area contributed by atoms with Gasteiger partial charge in [-0.05, 0) is 6.07 Å². The molecule has 72 valence electrons. The molecule has 13 heavy (non-hydrogen) atoms. The molecule has 1 rings (SSSR count). The zero-order valence-corrected chi connectivity index (χ0v) is 7.28. The van der Waals surface area contributed by atoms with Crippen LogP contribution in [0.4, 0.5) is 13.2 Å². The van der Waals surface area contributed by atoms with Gasteiger partial charge in [-0.3, -0.25) is 0 Å². The van der Waals surface area contributed by atoms with Crippen molar-refractivity contribution in [1.82, 2.24) is 4.98 Å². The maximum absolute atomic E-state index is 12.0. The van der Waals surface area contributed by atoms with Crippen molar-refractivity contribution in [2.24, 2.45) is 0 Å². The van der Waals surface area contributed by atoms with Gasteiger partial charge in [0.2, 0.25) is 0 Å². The normalized spacial score (nSPS) is 11.5. The molecule has 0 saturated heterocycles. The van der Waals surface area contributed by atoms with Crippen LogP contribution in [0.5, 0.6) is 5.75 Å². The highest BCUT2D eigenvalue weighted by molar-refractivity contribution is 6.32. The number of ether oxygens (including phenoxy) is 1. The number of hydrogen-bond donors (Lipinski definition) is 0. The van der Waals surface area contributed by atoms with E-state index in [1.54, 1.807) is 0 Å². The number of pyridine rings is 1. The average molecular weight is 212 g/mol. The standard InChI is InChI=1S/C7H5ClF3NO/c1-13-5-3-12-6(2-4(5)8)7(9,10)11/h2-3H,1H3. The Labute approximate surface area is 77.3 Å². The smallest absolute Gasteiger partial charge is 0.433 e. The highest BCUT2D eigenvalue weighted by Gasteiger charge is 2.32. The van der Waals surface area contributed by atoms with E-state index in [1.165, 1.54) is 7.11 Å². The van der Waals surface area contributed by atoms with Crippen molar-refractivity contribution in [3.63, 3.8) is 0 Å². The molecule has 0 fully saturated rings. The number of halogens is 4. The van der Waals surface area contributed by atoms with Crippen LogP contribution in [0, 0.1) is 0 Å². The Balaban J connectivity index is 3.10. The van der Waals surface area contributed by atoms with Crippen molar-refractivity contribution in [3.05, 3.63) is 23.0 Å². The van der Waals surface area contributed by atoms with Crippen LogP contribution in [-0.4, -0.2) is 12.1 Å². The minimum absolute atomic E-state index is 0.107. The fourth-order valence-electron chi connectivity index (χ4n) is 0.723. The number of aromatic nitrogens is 1. The first-order valence-corrected chi connectivity index (χ1v) is 3.59. The van der Waals surface area contributed by atoms with Gasteiger partial charge in [0.15, 0.2) is 5.75 Å². The Hall–Kier alpha value is -0.970. The Morgan fingerprint density at radius 1 is 1.46 bits per heavy atom. The second-order valence-electron chi connectivity index (χ2n) is 2.20. The van der Waals surface area contributed by atoms with Gasteiger partial charge in [-0.15, -0.1) is 0 Å². The topological polar surface area (TPSA) is 22.1 Å². The summed E-state index contributed by atoms with van der Waals surface area (Å²) >= 11 is 5.47. The molecule has 2 nitrogen and oxygen atoms in total. The minimum Gasteiger partial charge on any atom is -0.494 e. The zero-order chi connectivity index (χ0) is 10.1. The van der Waals surface area contributed by atoms with Crippen LogP contribution in [0.3, 0.4) is 0 Å². The molecule has 1 aromatic heterocycles. The maximum atomic E-state index is 12.0. The van der Waals surface area contributed by atoms with E-state index in [-0.39, 0.29) is 10.8 Å². The number of alkyl halides is 3. The number of methoxy groups -OCH3 is 1. The second kappa shape index (κ2) is 3.41. The Bertz CT molecular complexity index is 313. The predicted molar refractivity (Wildman–Crippen MR) is 40.8 cm³/mol. The SMILES string of the molecule is COc1cnc(C(F)(F)F)cc1Cl. The van der Waals surface area contributed by atoms with Crippen LogP contribution < -0.4 is 4.74 Å². The summed E-state index contributed by atoms with van der Waals surface area (Å²) in [4.78, 5) is 3.15. The van der Waals surface area contributed by atoms with Crippen LogP contribution in [0.2, 0.25) is 5.02 Å². The van der Waals surface area contributed by atoms with Crippen LogP contribution in [0.25, 0.3) is 0 Å². The van der Waals surface area contributed by atoms with Crippen LogP contribution in [-0.2, 0) is 6.18 Å². The highest BCUT2D eigenvalue weighted by Crippen LogP contribution is 2.32. The summed E-state index contributed by atoms with van der Waals surface area (Å²) in [5, 5.41) is -0.107. The van der Waals surface area contributed by atoms with Crippen molar-refractivity contribution in [1.29, 1.82) is 0 Å². The van der Waals surface area contributed by atoms with Crippen LogP contribution in [0.15, 0.2) is 12.3 Å². The van der Waals surface area contributed by atoms with E-state index < -0.39 is 11.9 Å². The third-order valence-electron chi connectivity index (χ3n) is 1.33. The zero-order valence-electron chi connectivity index (χ0n) is 6.52. The molecule has 0 atom stereocenters. The number of rotatable bonds is 1. The van der Waals surface area contributed by atoms with Gasteiger partial charge >= 0.3 is 6.18 Å². The molecule has 6 heteroatoms. The van der Waals surface area contributed by atoms with Crippen molar-refractivity contribution in [2.45, 2.75) is 6.18 Å². The van der Waals surface area contributed by atoms with Crippen molar-refractivity contribution < 1.29 is 17.9 Å². The average Bonchev–Trinajstić information content (AvgIpc) is 2.02. The van der Waals surface area contributed by atoms with Gasteiger partial charge in [-0.25, -0.2) is 4.98 Å². The Morgan fingerprint density at radius 3 is 2.46 bits per heavy atom. The van der Waals surface area contributed by atoms with Gasteiger partial charge in [-0.1, -0.05) is 11.6 Å². The van der Waals surface area contributed by atoms with E-state index in [0.29, 0.717) is 0 Å². The number of hydrogen-bond acceptors (Lipinski definition) is 2. The molecule has 0 bridgehead atoms. The molecule has 0 N–H and O–H groups in total. The molecule has 0 aliphatic heterocycles. The lowest BCUT2D eigenvalue weighted by atomic mass is 10.3. The van der Waals surface area contributed by atoms with E-state index in [0.717, 1.165) is 12.3 Å². The van der Waals surface area contributed by atoms with E-state index in [2.05, 4.69) is 9.72 Å². The van der Waals surface area contributed by atoms with Crippen molar-refractivity contribution >= 4 is 11.6 Å². The summed E-state index contributed by atoms with van der Waals surface area (Å²) in [5.74, 6) is 0.120. The molecule has 1 heterocycles. The van der Waals surface area contributed by atoms with Crippen molar-refractivity contribution in [2.75, 3.05) is 7.11 Å². The molecular weight excluding hydrogens is 207 g/mol. The third kappa shape index (κ3) is 2.24. The van der Waals surface area contributed by atoms with Gasteiger partial charge in [0, 0.05) is 0 Å². The monoisotopic (exact) mass is 211 g/mol. The molecule has 0 spiro atoms. The fraction of sp³-hybridized carbons (Fsp3) is 0.286. The lowest BCUT2D eigenvalue weighted by Crippen LogP contribution is -2.07. The fourth-order valence-corrected chi connectivity index (χ4v) is 0.953. The van der Waals surface area contributed by atoms with Crippen LogP contribution in [0.1, 0.15) is 5.69 Å². The first-order chi connectivity index (χ1) is 5.95. The summed E-state index contributed by atoms with van der Waals surface area (Å²) in [7, 11) is 1.30. The van der Waals surface area contributed by atoms with Gasteiger partial charge in [0.25, 0.3) is 0 Å². The lowest BCUT2D eigenvalue weighted by molar-refractivity contribution is -0.141. The Kier molecular flexibility index (Phi) is 2.66. The molecule has 0 aliphatic rings. The first kappa shape index (κ1) is 10.1. The molecule has 0 aliphatic carbocycles. The molecule has 0 radical (unpaired) electrons. The molecule has 0 aromatic carbocycles. The van der Waals surface area contributed by atoms with Crippen LogP contribution >= 0.6 is 11.6 Å². The lowest BCUT2D eigenvalue weighted by Gasteiger charge is -2.07. The second-order valence-corrected chi connectivity index (χ2v) is 2.61. The summed E-state index contributed by atoms with van der Waals surface area (Å²) in [5.41, 5.74) is -1.03. The van der Waals surface area contributed by atoms with Gasteiger partial charge < -0.3 is 4.74 Å². The molecule has 0 saturated carbocycles. The third-order valence-corrected chi connectivity index (χ3v) is 1.63. The molecule has 0 unspecified atom stereocenters. The molecule has 0 amide bonds. The van der Waals surface area contributed by atoms with Gasteiger partial charge in [-0.2, -0.15) is 13.2 Å². The van der Waals surface area contributed by atoms with E-state index >= 15 is 0 Å². The van der Waals surface area contributed by atoms with E-state index in [9.17, 15) is 13.2 Å². The van der Waals surface area contributed by atoms with E-state index in [1.807, 2.05) is 0 Å². The van der Waals surface area contributed by atoms with Crippen molar-refractivity contribution in [3.8, 4) is 5.75 Å². The summed E-state index contributed by atoms with van der Waals surface area (Å²) in [6.45, 7) is 0. The number of nitrogens with zero attached hydrogens (tertiary/aromatic N) is 1. The van der Waals surface area contributed by atoms with E-state index in [4.69, 9.17) is 11.6 Å². The van der Waals surface area contributed by atoms with Gasteiger partial charge in [0.05, 0.1) is 18.3 Å². The molecule has 1 aromatic rings. The predicted octanol–water partition coefficient (Wildman–Crippen LogP) is 2.76. The molecular formula is C7H5ClF3NO. The minimum atomic E-state index is -4.48.